The van der Waals surface area contributed by atoms with Gasteiger partial charge in [-0.25, -0.2) is 8.42 Å². The van der Waals surface area contributed by atoms with E-state index in [-0.39, 0.29) is 18.9 Å². The molecule has 3 aromatic carbocycles. The molecule has 0 unspecified atom stereocenters. The summed E-state index contributed by atoms with van der Waals surface area (Å²) in [6, 6.07) is 22.3. The van der Waals surface area contributed by atoms with Crippen LogP contribution in [0.4, 0.5) is 5.69 Å². The largest absolute Gasteiger partial charge is 0.357 e. The van der Waals surface area contributed by atoms with Crippen molar-refractivity contribution < 1.29 is 18.0 Å². The third kappa shape index (κ3) is 7.68. The lowest BCUT2D eigenvalue weighted by Gasteiger charge is -2.33. The summed E-state index contributed by atoms with van der Waals surface area (Å²) in [5.74, 6) is -0.847. The first kappa shape index (κ1) is 27.9. The average molecular weight is 640 g/mol. The van der Waals surface area contributed by atoms with Gasteiger partial charge in [-0.1, -0.05) is 54.1 Å². The van der Waals surface area contributed by atoms with E-state index in [1.807, 2.05) is 30.3 Å². The number of carbonyl (C=O) groups is 2. The standard InChI is InChI=1S/C26H27ClIN3O4S/c1-29-26(33)24(16-19-6-4-3-5-7-19)30(17-20-8-10-21(27)11-9-20)25(32)18-31(36(2,34)35)23-14-12-22(28)13-15-23/h3-15,24H,16-18H2,1-2H3,(H,29,33)/t24-/m0/s1. The lowest BCUT2D eigenvalue weighted by atomic mass is 10.0. The van der Waals surface area contributed by atoms with Crippen molar-refractivity contribution in [2.24, 2.45) is 0 Å². The lowest BCUT2D eigenvalue weighted by molar-refractivity contribution is -0.139. The molecule has 0 fully saturated rings. The number of carbonyl (C=O) groups excluding carboxylic acids is 2. The molecule has 190 valence electrons. The molecule has 1 atom stereocenters. The summed E-state index contributed by atoms with van der Waals surface area (Å²) in [6.45, 7) is -0.347. The van der Waals surface area contributed by atoms with Gasteiger partial charge < -0.3 is 10.2 Å². The van der Waals surface area contributed by atoms with Gasteiger partial charge in [-0.3, -0.25) is 13.9 Å². The fourth-order valence-electron chi connectivity index (χ4n) is 3.73. The Bertz CT molecular complexity index is 1290. The van der Waals surface area contributed by atoms with Crippen LogP contribution >= 0.6 is 34.2 Å². The Morgan fingerprint density at radius 3 is 2.11 bits per heavy atom. The van der Waals surface area contributed by atoms with Crippen molar-refractivity contribution in [2.75, 3.05) is 24.2 Å². The van der Waals surface area contributed by atoms with Crippen molar-refractivity contribution in [3.63, 3.8) is 0 Å². The molecule has 0 aromatic heterocycles. The zero-order valence-electron chi connectivity index (χ0n) is 19.9. The van der Waals surface area contributed by atoms with Gasteiger partial charge in [0.25, 0.3) is 0 Å². The maximum Gasteiger partial charge on any atom is 0.244 e. The van der Waals surface area contributed by atoms with Gasteiger partial charge in [0.15, 0.2) is 0 Å². The number of rotatable bonds is 10. The molecule has 0 aliphatic carbocycles. The van der Waals surface area contributed by atoms with Gasteiger partial charge in [-0.2, -0.15) is 0 Å². The Labute approximate surface area is 230 Å². The van der Waals surface area contributed by atoms with E-state index in [0.717, 1.165) is 25.3 Å². The fraction of sp³-hybridized carbons (Fsp3) is 0.231. The van der Waals surface area contributed by atoms with E-state index in [1.165, 1.54) is 11.9 Å². The second-order valence-corrected chi connectivity index (χ2v) is 11.8. The molecule has 0 aliphatic rings. The van der Waals surface area contributed by atoms with Crippen molar-refractivity contribution in [1.82, 2.24) is 10.2 Å². The molecule has 36 heavy (non-hydrogen) atoms. The van der Waals surface area contributed by atoms with Crippen LogP contribution in [0, 0.1) is 3.57 Å². The summed E-state index contributed by atoms with van der Waals surface area (Å²) in [7, 11) is -2.27. The lowest BCUT2D eigenvalue weighted by Crippen LogP contribution is -2.52. The summed E-state index contributed by atoms with van der Waals surface area (Å²) in [4.78, 5) is 28.2. The monoisotopic (exact) mass is 639 g/mol. The molecule has 0 saturated carbocycles. The highest BCUT2D eigenvalue weighted by molar-refractivity contribution is 14.1. The highest BCUT2D eigenvalue weighted by atomic mass is 127. The summed E-state index contributed by atoms with van der Waals surface area (Å²) in [6.07, 6.45) is 1.32. The number of nitrogens with zero attached hydrogens (tertiary/aromatic N) is 2. The number of halogens is 2. The summed E-state index contributed by atoms with van der Waals surface area (Å²) < 4.78 is 27.4. The molecule has 0 spiro atoms. The molecular formula is C26H27ClIN3O4S. The van der Waals surface area contributed by atoms with Crippen LogP contribution in [0.1, 0.15) is 11.1 Å². The Kier molecular flexibility index (Phi) is 9.75. The first-order valence-corrected chi connectivity index (χ1v) is 14.4. The van der Waals surface area contributed by atoms with Crippen LogP contribution < -0.4 is 9.62 Å². The van der Waals surface area contributed by atoms with Gasteiger partial charge >= 0.3 is 0 Å². The van der Waals surface area contributed by atoms with Gasteiger partial charge in [0.2, 0.25) is 21.8 Å². The molecule has 3 aromatic rings. The quantitative estimate of drug-likeness (QED) is 0.339. The van der Waals surface area contributed by atoms with E-state index >= 15 is 0 Å². The molecular weight excluding hydrogens is 613 g/mol. The number of sulfonamides is 1. The van der Waals surface area contributed by atoms with Crippen LogP contribution in [0.25, 0.3) is 0 Å². The summed E-state index contributed by atoms with van der Waals surface area (Å²) >= 11 is 8.16. The normalized spacial score (nSPS) is 12.0. The molecule has 0 bridgehead atoms. The average Bonchev–Trinajstić information content (AvgIpc) is 2.86. The number of amides is 2. The third-order valence-electron chi connectivity index (χ3n) is 5.58. The number of hydrogen-bond acceptors (Lipinski definition) is 4. The van der Waals surface area contributed by atoms with Crippen LogP contribution in [0.2, 0.25) is 5.02 Å². The van der Waals surface area contributed by atoms with E-state index in [9.17, 15) is 18.0 Å². The molecule has 2 amide bonds. The van der Waals surface area contributed by atoms with Crippen molar-refractivity contribution in [3.05, 3.63) is 98.6 Å². The van der Waals surface area contributed by atoms with Crippen LogP contribution in [0.3, 0.4) is 0 Å². The van der Waals surface area contributed by atoms with Crippen LogP contribution in [0.5, 0.6) is 0 Å². The van der Waals surface area contributed by atoms with Crippen molar-refractivity contribution in [3.8, 4) is 0 Å². The zero-order valence-corrected chi connectivity index (χ0v) is 23.6. The van der Waals surface area contributed by atoms with Gasteiger partial charge in [0.1, 0.15) is 12.6 Å². The van der Waals surface area contributed by atoms with Gasteiger partial charge in [0, 0.05) is 28.6 Å². The minimum absolute atomic E-state index is 0.102. The van der Waals surface area contributed by atoms with E-state index < -0.39 is 28.5 Å². The van der Waals surface area contributed by atoms with Gasteiger partial charge in [-0.15, -0.1) is 0 Å². The second-order valence-electron chi connectivity index (χ2n) is 8.21. The van der Waals surface area contributed by atoms with Gasteiger partial charge in [-0.05, 0) is 70.1 Å². The van der Waals surface area contributed by atoms with E-state index in [0.29, 0.717) is 10.7 Å². The van der Waals surface area contributed by atoms with Crippen LogP contribution in [-0.4, -0.2) is 51.0 Å². The first-order valence-electron chi connectivity index (χ1n) is 11.1. The molecule has 0 aliphatic heterocycles. The highest BCUT2D eigenvalue weighted by Gasteiger charge is 2.32. The maximum absolute atomic E-state index is 13.8. The first-order chi connectivity index (χ1) is 17.1. The van der Waals surface area contributed by atoms with Crippen LogP contribution in [-0.2, 0) is 32.6 Å². The number of anilines is 1. The zero-order chi connectivity index (χ0) is 26.3. The predicted molar refractivity (Wildman–Crippen MR) is 151 cm³/mol. The smallest absolute Gasteiger partial charge is 0.244 e. The Hall–Kier alpha value is -2.63. The Morgan fingerprint density at radius 2 is 1.56 bits per heavy atom. The highest BCUT2D eigenvalue weighted by Crippen LogP contribution is 2.22. The molecule has 7 nitrogen and oxygen atoms in total. The van der Waals surface area contributed by atoms with E-state index in [2.05, 4.69) is 27.9 Å². The molecule has 1 N–H and O–H groups in total. The topological polar surface area (TPSA) is 86.8 Å². The maximum atomic E-state index is 13.8. The third-order valence-corrected chi connectivity index (χ3v) is 7.69. The van der Waals surface area contributed by atoms with Crippen molar-refractivity contribution >= 4 is 61.7 Å². The number of hydrogen-bond donors (Lipinski definition) is 1. The fourth-order valence-corrected chi connectivity index (χ4v) is 5.06. The Balaban J connectivity index is 2.00. The molecule has 0 heterocycles. The van der Waals surface area contributed by atoms with E-state index in [4.69, 9.17) is 11.6 Å². The molecule has 3 rings (SSSR count). The Morgan fingerprint density at radius 1 is 0.944 bits per heavy atom. The van der Waals surface area contributed by atoms with E-state index in [1.54, 1.807) is 48.5 Å². The predicted octanol–water partition coefficient (Wildman–Crippen LogP) is 4.10. The minimum atomic E-state index is -3.78. The number of likely N-dealkylation sites (N-methyl/N-ethyl adjacent to an activating group) is 1. The van der Waals surface area contributed by atoms with Crippen LogP contribution in [0.15, 0.2) is 78.9 Å². The molecule has 10 heteroatoms. The SMILES string of the molecule is CNC(=O)[C@H](Cc1ccccc1)N(Cc1ccc(Cl)cc1)C(=O)CN(c1ccc(I)cc1)S(C)(=O)=O. The molecule has 0 radical (unpaired) electrons. The number of nitrogens with one attached hydrogen (secondary N) is 1. The van der Waals surface area contributed by atoms with Crippen molar-refractivity contribution in [1.29, 1.82) is 0 Å². The van der Waals surface area contributed by atoms with Gasteiger partial charge in [0.05, 0.1) is 11.9 Å². The number of benzene rings is 3. The minimum Gasteiger partial charge on any atom is -0.357 e. The summed E-state index contributed by atoms with van der Waals surface area (Å²) in [5, 5.41) is 3.20. The molecule has 0 saturated heterocycles. The second kappa shape index (κ2) is 12.6. The summed E-state index contributed by atoms with van der Waals surface area (Å²) in [5.41, 5.74) is 2.00. The van der Waals surface area contributed by atoms with Crippen molar-refractivity contribution in [2.45, 2.75) is 19.0 Å².